The summed E-state index contributed by atoms with van der Waals surface area (Å²) < 4.78 is 9.96. The van der Waals surface area contributed by atoms with E-state index in [0.29, 0.717) is 26.1 Å². The van der Waals surface area contributed by atoms with Crippen molar-refractivity contribution in [3.8, 4) is 5.75 Å². The van der Waals surface area contributed by atoms with Gasteiger partial charge in [-0.3, -0.25) is 9.59 Å². The van der Waals surface area contributed by atoms with E-state index in [1.807, 2.05) is 24.3 Å². The molecule has 0 radical (unpaired) electrons. The quantitative estimate of drug-likeness (QED) is 0.497. The van der Waals surface area contributed by atoms with Crippen molar-refractivity contribution in [3.63, 3.8) is 0 Å². The standard InChI is InChI=1S/C16H24N2O4/c1-21-11-3-9-17-15(19)12-16(20)18-10-8-13-4-6-14(22-2)7-5-13/h4-7H,3,8-12H2,1-2H3,(H,17,19)(H,18,20). The molecule has 22 heavy (non-hydrogen) atoms. The summed E-state index contributed by atoms with van der Waals surface area (Å²) in [6, 6.07) is 7.66. The predicted molar refractivity (Wildman–Crippen MR) is 83.8 cm³/mol. The van der Waals surface area contributed by atoms with Gasteiger partial charge in [0.2, 0.25) is 11.8 Å². The smallest absolute Gasteiger partial charge is 0.229 e. The molecule has 122 valence electrons. The summed E-state index contributed by atoms with van der Waals surface area (Å²) in [5, 5.41) is 5.41. The van der Waals surface area contributed by atoms with Crippen LogP contribution in [0.25, 0.3) is 0 Å². The van der Waals surface area contributed by atoms with Crippen molar-refractivity contribution in [2.75, 3.05) is 33.9 Å². The maximum atomic E-state index is 11.6. The lowest BCUT2D eigenvalue weighted by Gasteiger charge is -2.07. The Morgan fingerprint density at radius 2 is 1.64 bits per heavy atom. The third-order valence-corrected chi connectivity index (χ3v) is 3.06. The minimum Gasteiger partial charge on any atom is -0.497 e. The number of benzene rings is 1. The monoisotopic (exact) mass is 308 g/mol. The predicted octanol–water partition coefficient (Wildman–Crippen LogP) is 0.897. The molecule has 0 fully saturated rings. The highest BCUT2D eigenvalue weighted by molar-refractivity contribution is 5.96. The third-order valence-electron chi connectivity index (χ3n) is 3.06. The van der Waals surface area contributed by atoms with Crippen molar-refractivity contribution in [2.45, 2.75) is 19.3 Å². The van der Waals surface area contributed by atoms with Gasteiger partial charge in [-0.05, 0) is 30.5 Å². The van der Waals surface area contributed by atoms with Gasteiger partial charge in [0.05, 0.1) is 7.11 Å². The number of hydrogen-bond donors (Lipinski definition) is 2. The molecule has 2 N–H and O–H groups in total. The molecule has 2 amide bonds. The van der Waals surface area contributed by atoms with Crippen molar-refractivity contribution in [1.29, 1.82) is 0 Å². The van der Waals surface area contributed by atoms with Crippen LogP contribution in [0.5, 0.6) is 5.75 Å². The second kappa shape index (κ2) is 10.6. The Morgan fingerprint density at radius 3 is 2.23 bits per heavy atom. The second-order valence-electron chi connectivity index (χ2n) is 4.82. The zero-order chi connectivity index (χ0) is 16.2. The summed E-state index contributed by atoms with van der Waals surface area (Å²) in [7, 11) is 3.23. The lowest BCUT2D eigenvalue weighted by Crippen LogP contribution is -2.33. The third kappa shape index (κ3) is 7.64. The van der Waals surface area contributed by atoms with Gasteiger partial charge in [0.25, 0.3) is 0 Å². The molecule has 0 aliphatic carbocycles. The SMILES string of the molecule is COCCCNC(=O)CC(=O)NCCc1ccc(OC)cc1. The maximum Gasteiger partial charge on any atom is 0.229 e. The molecule has 0 aliphatic rings. The van der Waals surface area contributed by atoms with Crippen LogP contribution in [0.15, 0.2) is 24.3 Å². The Balaban J connectivity index is 2.15. The zero-order valence-electron chi connectivity index (χ0n) is 13.2. The lowest BCUT2D eigenvalue weighted by molar-refractivity contribution is -0.129. The van der Waals surface area contributed by atoms with Crippen LogP contribution in [-0.2, 0) is 20.7 Å². The molecule has 0 atom stereocenters. The van der Waals surface area contributed by atoms with Crippen LogP contribution in [0.1, 0.15) is 18.4 Å². The van der Waals surface area contributed by atoms with Crippen LogP contribution in [0, 0.1) is 0 Å². The molecule has 0 saturated heterocycles. The van der Waals surface area contributed by atoms with Crippen molar-refractivity contribution in [1.82, 2.24) is 10.6 Å². The molecular formula is C16H24N2O4. The first-order chi connectivity index (χ1) is 10.7. The Kier molecular flexibility index (Phi) is 8.67. The molecule has 1 aromatic carbocycles. The average molecular weight is 308 g/mol. The van der Waals surface area contributed by atoms with Crippen LogP contribution in [0.4, 0.5) is 0 Å². The molecule has 0 aromatic heterocycles. The lowest BCUT2D eigenvalue weighted by atomic mass is 10.1. The first-order valence-corrected chi connectivity index (χ1v) is 7.31. The highest BCUT2D eigenvalue weighted by Crippen LogP contribution is 2.11. The van der Waals surface area contributed by atoms with Gasteiger partial charge in [-0.15, -0.1) is 0 Å². The summed E-state index contributed by atoms with van der Waals surface area (Å²) >= 11 is 0. The molecule has 0 unspecified atom stereocenters. The molecule has 1 aromatic rings. The van der Waals surface area contributed by atoms with Gasteiger partial charge in [0, 0.05) is 26.8 Å². The van der Waals surface area contributed by atoms with E-state index in [-0.39, 0.29) is 18.2 Å². The van der Waals surface area contributed by atoms with Crippen LogP contribution < -0.4 is 15.4 Å². The fourth-order valence-electron chi connectivity index (χ4n) is 1.85. The van der Waals surface area contributed by atoms with E-state index in [2.05, 4.69) is 10.6 Å². The van der Waals surface area contributed by atoms with E-state index in [0.717, 1.165) is 17.7 Å². The Bertz CT molecular complexity index is 460. The van der Waals surface area contributed by atoms with Gasteiger partial charge in [0.1, 0.15) is 12.2 Å². The largest absolute Gasteiger partial charge is 0.497 e. The van der Waals surface area contributed by atoms with Gasteiger partial charge in [0.15, 0.2) is 0 Å². The van der Waals surface area contributed by atoms with Crippen LogP contribution in [0.3, 0.4) is 0 Å². The van der Waals surface area contributed by atoms with E-state index < -0.39 is 0 Å². The summed E-state index contributed by atoms with van der Waals surface area (Å²) in [5.74, 6) is 0.272. The molecule has 0 spiro atoms. The van der Waals surface area contributed by atoms with Gasteiger partial charge in [-0.2, -0.15) is 0 Å². The average Bonchev–Trinajstić information content (AvgIpc) is 2.52. The highest BCUT2D eigenvalue weighted by atomic mass is 16.5. The van der Waals surface area contributed by atoms with E-state index >= 15 is 0 Å². The number of rotatable bonds is 10. The van der Waals surface area contributed by atoms with Crippen LogP contribution in [-0.4, -0.2) is 45.7 Å². The molecule has 0 saturated carbocycles. The van der Waals surface area contributed by atoms with Crippen molar-refractivity contribution >= 4 is 11.8 Å². The molecule has 0 aliphatic heterocycles. The van der Waals surface area contributed by atoms with Gasteiger partial charge in [-0.1, -0.05) is 12.1 Å². The number of carbonyl (C=O) groups is 2. The van der Waals surface area contributed by atoms with E-state index in [9.17, 15) is 9.59 Å². The van der Waals surface area contributed by atoms with E-state index in [1.165, 1.54) is 0 Å². The summed E-state index contributed by atoms with van der Waals surface area (Å²) in [4.78, 5) is 23.1. The van der Waals surface area contributed by atoms with Crippen LogP contribution >= 0.6 is 0 Å². The van der Waals surface area contributed by atoms with Crippen molar-refractivity contribution in [3.05, 3.63) is 29.8 Å². The highest BCUT2D eigenvalue weighted by Gasteiger charge is 2.08. The summed E-state index contributed by atoms with van der Waals surface area (Å²) in [6.45, 7) is 1.61. The molecule has 0 bridgehead atoms. The number of ether oxygens (including phenoxy) is 2. The van der Waals surface area contributed by atoms with Crippen molar-refractivity contribution in [2.24, 2.45) is 0 Å². The van der Waals surface area contributed by atoms with Crippen LogP contribution in [0.2, 0.25) is 0 Å². The first-order valence-electron chi connectivity index (χ1n) is 7.31. The molecule has 0 heterocycles. The van der Waals surface area contributed by atoms with Gasteiger partial charge in [-0.25, -0.2) is 0 Å². The van der Waals surface area contributed by atoms with Crippen molar-refractivity contribution < 1.29 is 19.1 Å². The fraction of sp³-hybridized carbons (Fsp3) is 0.500. The van der Waals surface area contributed by atoms with E-state index in [1.54, 1.807) is 14.2 Å². The fourth-order valence-corrected chi connectivity index (χ4v) is 1.85. The number of hydrogen-bond acceptors (Lipinski definition) is 4. The van der Waals surface area contributed by atoms with E-state index in [4.69, 9.17) is 9.47 Å². The number of amides is 2. The van der Waals surface area contributed by atoms with Gasteiger partial charge < -0.3 is 20.1 Å². The molecule has 6 heteroatoms. The number of carbonyl (C=O) groups excluding carboxylic acids is 2. The number of methoxy groups -OCH3 is 2. The normalized spacial score (nSPS) is 10.1. The minimum atomic E-state index is -0.266. The second-order valence-corrected chi connectivity index (χ2v) is 4.82. The number of nitrogens with one attached hydrogen (secondary N) is 2. The Morgan fingerprint density at radius 1 is 1.00 bits per heavy atom. The zero-order valence-corrected chi connectivity index (χ0v) is 13.2. The maximum absolute atomic E-state index is 11.6. The summed E-state index contributed by atoms with van der Waals surface area (Å²) in [6.07, 6.45) is 1.31. The first kappa shape index (κ1) is 18.0. The molecule has 1 rings (SSSR count). The topological polar surface area (TPSA) is 76.7 Å². The minimum absolute atomic E-state index is 0.143. The van der Waals surface area contributed by atoms with Gasteiger partial charge >= 0.3 is 0 Å². The Hall–Kier alpha value is -2.08. The molecule has 6 nitrogen and oxygen atoms in total. The summed E-state index contributed by atoms with van der Waals surface area (Å²) in [5.41, 5.74) is 1.10. The molecular weight excluding hydrogens is 284 g/mol. The Labute approximate surface area is 131 Å².